The van der Waals surface area contributed by atoms with Crippen molar-refractivity contribution in [2.75, 3.05) is 31.1 Å². The predicted octanol–water partition coefficient (Wildman–Crippen LogP) is 5.39. The molecule has 3 aromatic carbocycles. The number of benzene rings is 3. The van der Waals surface area contributed by atoms with E-state index in [0.717, 1.165) is 27.2 Å². The third-order valence-corrected chi connectivity index (χ3v) is 8.92. The number of nitrogens with zero attached hydrogens (tertiary/aromatic N) is 2. The van der Waals surface area contributed by atoms with Crippen LogP contribution in [0.15, 0.2) is 82.2 Å². The van der Waals surface area contributed by atoms with Crippen molar-refractivity contribution < 1.29 is 27.5 Å². The van der Waals surface area contributed by atoms with Crippen LogP contribution in [-0.4, -0.2) is 58.0 Å². The molecule has 0 unspecified atom stereocenters. The molecule has 3 aromatic rings. The van der Waals surface area contributed by atoms with Gasteiger partial charge in [-0.25, -0.2) is 8.42 Å². The van der Waals surface area contributed by atoms with E-state index in [9.17, 15) is 18.0 Å². The Labute approximate surface area is 257 Å². The summed E-state index contributed by atoms with van der Waals surface area (Å²) in [6.45, 7) is 6.01. The Hall–Kier alpha value is -3.57. The maximum Gasteiger partial charge on any atom is 0.264 e. The van der Waals surface area contributed by atoms with Crippen LogP contribution in [0.4, 0.5) is 5.69 Å². The Kier molecular flexibility index (Phi) is 12.2. The van der Waals surface area contributed by atoms with E-state index in [-0.39, 0.29) is 23.0 Å². The third kappa shape index (κ3) is 8.72. The van der Waals surface area contributed by atoms with Gasteiger partial charge in [-0.1, -0.05) is 41.4 Å². The largest absolute Gasteiger partial charge is 0.497 e. The van der Waals surface area contributed by atoms with Crippen LogP contribution < -0.4 is 19.1 Å². The number of hydrogen-bond acceptors (Lipinski definition) is 6. The average molecular weight is 661 g/mol. The summed E-state index contributed by atoms with van der Waals surface area (Å²) in [6.07, 6.45) is 1.71. The number of hydrogen-bond donors (Lipinski definition) is 1. The molecule has 0 radical (unpaired) electrons. The van der Waals surface area contributed by atoms with Crippen molar-refractivity contribution in [3.8, 4) is 11.5 Å². The lowest BCUT2D eigenvalue weighted by molar-refractivity contribution is -0.139. The number of carbonyl (C=O) groups excluding carboxylic acids is 2. The lowest BCUT2D eigenvalue weighted by Gasteiger charge is -2.32. The van der Waals surface area contributed by atoms with Crippen LogP contribution in [0.3, 0.4) is 0 Å². The van der Waals surface area contributed by atoms with E-state index < -0.39 is 28.5 Å². The monoisotopic (exact) mass is 659 g/mol. The molecule has 0 saturated heterocycles. The number of rotatable bonds is 15. The van der Waals surface area contributed by atoms with Gasteiger partial charge in [-0.15, -0.1) is 0 Å². The molecule has 42 heavy (non-hydrogen) atoms. The summed E-state index contributed by atoms with van der Waals surface area (Å²) in [4.78, 5) is 28.6. The first-order valence-corrected chi connectivity index (χ1v) is 16.0. The number of ether oxygens (including phenoxy) is 2. The molecule has 0 spiro atoms. The first-order valence-electron chi connectivity index (χ1n) is 13.8. The summed E-state index contributed by atoms with van der Waals surface area (Å²) < 4.78 is 40.5. The third-order valence-electron chi connectivity index (χ3n) is 6.60. The zero-order valence-corrected chi connectivity index (χ0v) is 26.8. The van der Waals surface area contributed by atoms with Gasteiger partial charge in [0, 0.05) is 17.6 Å². The minimum absolute atomic E-state index is 0.0251. The summed E-state index contributed by atoms with van der Waals surface area (Å²) in [6, 6.07) is 19.1. The lowest BCUT2D eigenvalue weighted by atomic mass is 10.1. The van der Waals surface area contributed by atoms with Gasteiger partial charge in [0.15, 0.2) is 0 Å². The van der Waals surface area contributed by atoms with E-state index in [1.807, 2.05) is 19.9 Å². The topological polar surface area (TPSA) is 105 Å². The highest BCUT2D eigenvalue weighted by Crippen LogP contribution is 2.27. The molecule has 3 rings (SSSR count). The molecule has 226 valence electrons. The lowest BCUT2D eigenvalue weighted by Crippen LogP contribution is -2.51. The quantitative estimate of drug-likeness (QED) is 0.220. The molecular weight excluding hydrogens is 622 g/mol. The Bertz CT molecular complexity index is 1430. The molecule has 1 atom stereocenters. The summed E-state index contributed by atoms with van der Waals surface area (Å²) in [5, 5.41) is 2.88. The minimum atomic E-state index is -4.17. The SMILES string of the molecule is CCCCNC(=O)[C@H](C)N(Cc1cccc(OC)c1)C(=O)CN(c1ccc(OCC)cc1)S(=O)(=O)c1ccc(Br)cc1. The minimum Gasteiger partial charge on any atom is -0.497 e. The van der Waals surface area contributed by atoms with Crippen LogP contribution in [0.5, 0.6) is 11.5 Å². The fourth-order valence-electron chi connectivity index (χ4n) is 4.22. The van der Waals surface area contributed by atoms with Crippen molar-refractivity contribution in [3.63, 3.8) is 0 Å². The van der Waals surface area contributed by atoms with Crippen molar-refractivity contribution in [2.45, 2.75) is 51.1 Å². The number of sulfonamides is 1. The second-order valence-corrected chi connectivity index (χ2v) is 12.4. The van der Waals surface area contributed by atoms with Gasteiger partial charge in [-0.05, 0) is 86.5 Å². The summed E-state index contributed by atoms with van der Waals surface area (Å²) in [5.74, 6) is 0.327. The molecule has 0 aliphatic heterocycles. The van der Waals surface area contributed by atoms with Crippen molar-refractivity contribution in [2.24, 2.45) is 0 Å². The number of halogens is 1. The van der Waals surface area contributed by atoms with Gasteiger partial charge in [0.05, 0.1) is 24.3 Å². The van der Waals surface area contributed by atoms with E-state index in [0.29, 0.717) is 24.7 Å². The second-order valence-electron chi connectivity index (χ2n) is 9.59. The highest BCUT2D eigenvalue weighted by atomic mass is 79.9. The molecule has 9 nitrogen and oxygen atoms in total. The molecule has 0 aromatic heterocycles. The van der Waals surface area contributed by atoms with Crippen LogP contribution >= 0.6 is 15.9 Å². The Balaban J connectivity index is 2.01. The first-order chi connectivity index (χ1) is 20.1. The van der Waals surface area contributed by atoms with Crippen molar-refractivity contribution in [1.29, 1.82) is 0 Å². The number of unbranched alkanes of at least 4 members (excludes halogenated alkanes) is 1. The number of anilines is 1. The number of carbonyl (C=O) groups is 2. The van der Waals surface area contributed by atoms with Crippen molar-refractivity contribution in [3.05, 3.63) is 82.8 Å². The Morgan fingerprint density at radius 3 is 2.29 bits per heavy atom. The zero-order valence-electron chi connectivity index (χ0n) is 24.4. The van der Waals surface area contributed by atoms with Gasteiger partial charge in [-0.3, -0.25) is 13.9 Å². The van der Waals surface area contributed by atoms with Gasteiger partial charge in [-0.2, -0.15) is 0 Å². The number of methoxy groups -OCH3 is 1. The van der Waals surface area contributed by atoms with E-state index in [1.165, 1.54) is 17.0 Å². The average Bonchev–Trinajstić information content (AvgIpc) is 2.99. The van der Waals surface area contributed by atoms with Crippen LogP contribution in [0.1, 0.15) is 39.2 Å². The highest BCUT2D eigenvalue weighted by molar-refractivity contribution is 9.10. The van der Waals surface area contributed by atoms with E-state index in [4.69, 9.17) is 9.47 Å². The Morgan fingerprint density at radius 2 is 1.67 bits per heavy atom. The standard InChI is InChI=1S/C31H38BrN3O6S/c1-5-7-19-33-31(37)23(3)34(21-24-9-8-10-28(20-24)40-4)30(36)22-35(26-13-15-27(16-14-26)41-6-2)42(38,39)29-17-11-25(32)12-18-29/h8-18,20,23H,5-7,19,21-22H2,1-4H3,(H,33,37)/t23-/m0/s1. The molecular formula is C31H38BrN3O6S. The molecule has 1 N–H and O–H groups in total. The molecule has 2 amide bonds. The molecule has 0 aliphatic rings. The van der Waals surface area contributed by atoms with Crippen molar-refractivity contribution >= 4 is 43.5 Å². The molecule has 0 aliphatic carbocycles. The summed E-state index contributed by atoms with van der Waals surface area (Å²) >= 11 is 3.34. The van der Waals surface area contributed by atoms with Crippen LogP contribution in [0.25, 0.3) is 0 Å². The maximum atomic E-state index is 14.0. The van der Waals surface area contributed by atoms with Gasteiger partial charge >= 0.3 is 0 Å². The molecule has 0 heterocycles. The smallest absolute Gasteiger partial charge is 0.264 e. The van der Waals surface area contributed by atoms with E-state index in [2.05, 4.69) is 21.2 Å². The Morgan fingerprint density at radius 1 is 0.976 bits per heavy atom. The number of amides is 2. The van der Waals surface area contributed by atoms with Crippen molar-refractivity contribution in [1.82, 2.24) is 10.2 Å². The molecule has 11 heteroatoms. The highest BCUT2D eigenvalue weighted by Gasteiger charge is 2.32. The molecule has 0 saturated carbocycles. The molecule has 0 bridgehead atoms. The second kappa shape index (κ2) is 15.6. The van der Waals surface area contributed by atoms with E-state index >= 15 is 0 Å². The van der Waals surface area contributed by atoms with Gasteiger partial charge < -0.3 is 19.7 Å². The normalized spacial score (nSPS) is 11.8. The maximum absolute atomic E-state index is 14.0. The van der Waals surface area contributed by atoms with Gasteiger partial charge in [0.25, 0.3) is 10.0 Å². The van der Waals surface area contributed by atoms with E-state index in [1.54, 1.807) is 68.6 Å². The predicted molar refractivity (Wildman–Crippen MR) is 167 cm³/mol. The van der Waals surface area contributed by atoms with Gasteiger partial charge in [0.2, 0.25) is 11.8 Å². The zero-order chi connectivity index (χ0) is 30.7. The number of nitrogens with one attached hydrogen (secondary N) is 1. The fraction of sp³-hybridized carbons (Fsp3) is 0.355. The first kappa shape index (κ1) is 32.9. The van der Waals surface area contributed by atoms with Crippen LogP contribution in [0, 0.1) is 0 Å². The van der Waals surface area contributed by atoms with Gasteiger partial charge in [0.1, 0.15) is 24.1 Å². The fourth-order valence-corrected chi connectivity index (χ4v) is 5.90. The van der Waals surface area contributed by atoms with Crippen LogP contribution in [0.2, 0.25) is 0 Å². The summed E-state index contributed by atoms with van der Waals surface area (Å²) in [5.41, 5.74) is 1.02. The molecule has 0 fully saturated rings. The summed E-state index contributed by atoms with van der Waals surface area (Å²) in [7, 11) is -2.62. The van der Waals surface area contributed by atoms with Crippen LogP contribution in [-0.2, 0) is 26.2 Å².